The Hall–Kier alpha value is -3.99. The van der Waals surface area contributed by atoms with Gasteiger partial charge in [0, 0.05) is 38.9 Å². The molecule has 1 aliphatic heterocycles. The molecule has 3 aromatic rings. The van der Waals surface area contributed by atoms with Crippen LogP contribution in [0.5, 0.6) is 11.5 Å². The number of pyridine rings is 2. The van der Waals surface area contributed by atoms with Gasteiger partial charge >= 0.3 is 0 Å². The molecule has 2 aromatic heterocycles. The van der Waals surface area contributed by atoms with E-state index in [1.54, 1.807) is 12.1 Å². The minimum Gasteiger partial charge on any atom is -0.505 e. The van der Waals surface area contributed by atoms with Crippen molar-refractivity contribution in [1.82, 2.24) is 20.2 Å². The lowest BCUT2D eigenvalue weighted by molar-refractivity contribution is -0.128. The van der Waals surface area contributed by atoms with Crippen molar-refractivity contribution in [3.63, 3.8) is 0 Å². The quantitative estimate of drug-likeness (QED) is 0.434. The van der Waals surface area contributed by atoms with Crippen LogP contribution in [-0.2, 0) is 22.5 Å². The highest BCUT2D eigenvalue weighted by atomic mass is 19.1. The third-order valence-electron chi connectivity index (χ3n) is 5.54. The van der Waals surface area contributed by atoms with Crippen LogP contribution >= 0.6 is 0 Å². The van der Waals surface area contributed by atoms with Gasteiger partial charge in [0.25, 0.3) is 17.4 Å². The van der Waals surface area contributed by atoms with Gasteiger partial charge in [0.2, 0.25) is 0 Å². The second-order valence-electron chi connectivity index (χ2n) is 7.72. The van der Waals surface area contributed by atoms with Crippen LogP contribution in [0.4, 0.5) is 4.39 Å². The number of carbonyl (C=O) groups excluding carboxylic acids is 2. The Kier molecular flexibility index (Phi) is 6.46. The maximum absolute atomic E-state index is 13.3. The number of nitrogens with one attached hydrogen (secondary N) is 2. The topological polar surface area (TPSA) is 132 Å². The first-order valence-electron chi connectivity index (χ1n) is 10.5. The fourth-order valence-corrected chi connectivity index (χ4v) is 3.86. The number of halogens is 1. The Morgan fingerprint density at radius 3 is 2.74 bits per heavy atom. The van der Waals surface area contributed by atoms with Gasteiger partial charge in [-0.2, -0.15) is 0 Å². The number of nitrogens with zero attached hydrogens (tertiary/aromatic N) is 2. The monoisotopic (exact) mass is 470 g/mol. The summed E-state index contributed by atoms with van der Waals surface area (Å²) >= 11 is 0. The summed E-state index contributed by atoms with van der Waals surface area (Å²) in [5, 5.41) is 15.8. The summed E-state index contributed by atoms with van der Waals surface area (Å²) in [7, 11) is 2.91. The van der Waals surface area contributed by atoms with Gasteiger partial charge in [-0.25, -0.2) is 4.39 Å². The van der Waals surface area contributed by atoms with Crippen LogP contribution in [0.1, 0.15) is 21.5 Å². The highest BCUT2D eigenvalue weighted by Gasteiger charge is 2.34. The third-order valence-corrected chi connectivity index (χ3v) is 5.54. The van der Waals surface area contributed by atoms with Crippen LogP contribution in [0, 0.1) is 5.82 Å². The molecule has 0 bridgehead atoms. The number of methoxy groups -OCH3 is 1. The lowest BCUT2D eigenvalue weighted by atomic mass is 10.0. The lowest BCUT2D eigenvalue weighted by Gasteiger charge is -2.28. The van der Waals surface area contributed by atoms with Gasteiger partial charge < -0.3 is 25.2 Å². The predicted molar refractivity (Wildman–Crippen MR) is 120 cm³/mol. The van der Waals surface area contributed by atoms with Crippen molar-refractivity contribution in [2.75, 3.05) is 27.3 Å². The normalized spacial score (nSPS) is 14.5. The fraction of sp³-hybridized carbons (Fsp3) is 0.304. The molecular weight excluding hydrogens is 447 g/mol. The number of hydrogen-bond acceptors (Lipinski definition) is 7. The second kappa shape index (κ2) is 9.48. The SMILES string of the molecule is CNC(=O)[C@@H]1Cn2c(=O)c(C(=O)NCCOC)c(O)c3ncc(Cc4ccc(F)cc4)c(c32)O1. The van der Waals surface area contributed by atoms with Crippen molar-refractivity contribution in [3.05, 3.63) is 63.3 Å². The van der Waals surface area contributed by atoms with Crippen LogP contribution in [0.15, 0.2) is 35.3 Å². The number of aromatic hydroxyl groups is 1. The van der Waals surface area contributed by atoms with E-state index in [-0.39, 0.29) is 48.7 Å². The summed E-state index contributed by atoms with van der Waals surface area (Å²) in [5.41, 5.74) is 0.180. The van der Waals surface area contributed by atoms with E-state index in [2.05, 4.69) is 15.6 Å². The van der Waals surface area contributed by atoms with Crippen molar-refractivity contribution in [1.29, 1.82) is 0 Å². The van der Waals surface area contributed by atoms with Gasteiger partial charge in [-0.1, -0.05) is 12.1 Å². The average Bonchev–Trinajstić information content (AvgIpc) is 2.84. The number of carbonyl (C=O) groups is 2. The second-order valence-corrected chi connectivity index (χ2v) is 7.72. The Morgan fingerprint density at radius 2 is 2.06 bits per heavy atom. The molecule has 0 saturated heterocycles. The zero-order chi connectivity index (χ0) is 24.4. The number of benzene rings is 1. The van der Waals surface area contributed by atoms with Crippen LogP contribution in [-0.4, -0.2) is 59.9 Å². The molecule has 4 rings (SSSR count). The number of likely N-dealkylation sites (N-methyl/N-ethyl adjacent to an activating group) is 1. The van der Waals surface area contributed by atoms with Crippen molar-refractivity contribution in [2.45, 2.75) is 19.1 Å². The molecule has 0 radical (unpaired) electrons. The van der Waals surface area contributed by atoms with Crippen molar-refractivity contribution >= 4 is 22.8 Å². The van der Waals surface area contributed by atoms with Crippen molar-refractivity contribution < 1.29 is 28.6 Å². The van der Waals surface area contributed by atoms with Gasteiger partial charge in [-0.3, -0.25) is 23.9 Å². The molecule has 0 unspecified atom stereocenters. The van der Waals surface area contributed by atoms with E-state index in [0.717, 1.165) is 5.56 Å². The van der Waals surface area contributed by atoms with E-state index in [1.807, 2.05) is 0 Å². The molecule has 1 atom stereocenters. The first-order valence-corrected chi connectivity index (χ1v) is 10.5. The van der Waals surface area contributed by atoms with E-state index in [1.165, 1.54) is 37.1 Å². The molecule has 34 heavy (non-hydrogen) atoms. The molecule has 0 fully saturated rings. The minimum atomic E-state index is -1.05. The van der Waals surface area contributed by atoms with Gasteiger partial charge in [-0.05, 0) is 17.7 Å². The van der Waals surface area contributed by atoms with Crippen molar-refractivity contribution in [3.8, 4) is 11.5 Å². The molecule has 0 aliphatic carbocycles. The van der Waals surface area contributed by atoms with E-state index < -0.39 is 34.8 Å². The number of hydrogen-bond donors (Lipinski definition) is 3. The van der Waals surface area contributed by atoms with Gasteiger partial charge in [0.15, 0.2) is 17.6 Å². The Bertz CT molecular complexity index is 1320. The molecule has 0 spiro atoms. The van der Waals surface area contributed by atoms with Gasteiger partial charge in [0.05, 0.1) is 13.2 Å². The molecule has 1 aliphatic rings. The summed E-state index contributed by atoms with van der Waals surface area (Å²) in [6, 6.07) is 5.84. The Morgan fingerprint density at radius 1 is 1.32 bits per heavy atom. The van der Waals surface area contributed by atoms with Crippen LogP contribution in [0.25, 0.3) is 11.0 Å². The lowest BCUT2D eigenvalue weighted by Crippen LogP contribution is -2.45. The van der Waals surface area contributed by atoms with Crippen LogP contribution < -0.4 is 20.9 Å². The Balaban J connectivity index is 1.88. The van der Waals surface area contributed by atoms with Crippen LogP contribution in [0.3, 0.4) is 0 Å². The molecule has 10 nitrogen and oxygen atoms in total. The number of amides is 2. The third kappa shape index (κ3) is 4.17. The van der Waals surface area contributed by atoms with Gasteiger partial charge in [-0.15, -0.1) is 0 Å². The molecule has 3 N–H and O–H groups in total. The fourth-order valence-electron chi connectivity index (χ4n) is 3.86. The number of aromatic nitrogens is 2. The highest BCUT2D eigenvalue weighted by molar-refractivity contribution is 6.02. The van der Waals surface area contributed by atoms with E-state index in [0.29, 0.717) is 5.56 Å². The summed E-state index contributed by atoms with van der Waals surface area (Å²) in [6.07, 6.45) is 0.656. The van der Waals surface area contributed by atoms with E-state index in [9.17, 15) is 23.9 Å². The first-order chi connectivity index (χ1) is 16.3. The van der Waals surface area contributed by atoms with Crippen LogP contribution in [0.2, 0.25) is 0 Å². The largest absolute Gasteiger partial charge is 0.505 e. The smallest absolute Gasteiger partial charge is 0.268 e. The number of rotatable bonds is 7. The summed E-state index contributed by atoms with van der Waals surface area (Å²) in [5.74, 6) is -2.02. The molecule has 1 aromatic carbocycles. The zero-order valence-corrected chi connectivity index (χ0v) is 18.6. The summed E-state index contributed by atoms with van der Waals surface area (Å²) in [4.78, 5) is 42.7. The van der Waals surface area contributed by atoms with E-state index >= 15 is 0 Å². The van der Waals surface area contributed by atoms with E-state index in [4.69, 9.17) is 9.47 Å². The maximum atomic E-state index is 13.3. The standard InChI is InChI=1S/C23H23FN4O6/c1-25-21(30)15-11-28-18-17(19(29)16(23(28)32)22(31)26-7-8-33-2)27-10-13(20(18)34-15)9-12-3-5-14(24)6-4-12/h3-6,10,15,29H,7-9,11H2,1-2H3,(H,25,30)(H,26,31)/t15-/m0/s1. The average molecular weight is 470 g/mol. The number of ether oxygens (including phenoxy) is 2. The highest BCUT2D eigenvalue weighted by Crippen LogP contribution is 2.37. The molecule has 3 heterocycles. The molecular formula is C23H23FN4O6. The molecule has 178 valence electrons. The summed E-state index contributed by atoms with van der Waals surface area (Å²) in [6.45, 7) is 0.170. The minimum absolute atomic E-state index is 0.00953. The molecule has 2 amide bonds. The molecule has 11 heteroatoms. The molecule has 0 saturated carbocycles. The van der Waals surface area contributed by atoms with Crippen molar-refractivity contribution in [2.24, 2.45) is 0 Å². The predicted octanol–water partition coefficient (Wildman–Crippen LogP) is 0.715. The zero-order valence-electron chi connectivity index (χ0n) is 18.6. The Labute approximate surface area is 193 Å². The maximum Gasteiger partial charge on any atom is 0.268 e. The van der Waals surface area contributed by atoms with Gasteiger partial charge in [0.1, 0.15) is 22.4 Å². The first kappa shape index (κ1) is 23.2. The summed E-state index contributed by atoms with van der Waals surface area (Å²) < 4.78 is 25.4.